The van der Waals surface area contributed by atoms with Crippen LogP contribution in [0.2, 0.25) is 0 Å². The average Bonchev–Trinajstić information content (AvgIpc) is 3.18. The first-order valence-electron chi connectivity index (χ1n) is 12.2. The summed E-state index contributed by atoms with van der Waals surface area (Å²) in [5, 5.41) is 21.7. The lowest BCUT2D eigenvalue weighted by Gasteiger charge is -2.26. The summed E-state index contributed by atoms with van der Waals surface area (Å²) in [7, 11) is 1.55. The number of methoxy groups -OCH3 is 1. The highest BCUT2D eigenvalue weighted by molar-refractivity contribution is 6.51. The van der Waals surface area contributed by atoms with Gasteiger partial charge in [-0.1, -0.05) is 32.0 Å². The van der Waals surface area contributed by atoms with E-state index >= 15 is 0 Å². The molecule has 3 aromatic rings. The molecular weight excluding hydrogens is 486 g/mol. The van der Waals surface area contributed by atoms with Crippen molar-refractivity contribution in [3.8, 4) is 11.5 Å². The van der Waals surface area contributed by atoms with E-state index in [4.69, 9.17) is 9.47 Å². The number of Topliss-reactive ketones (excluding diaryl/α,β-unsaturated/α-hetero) is 1. The number of aromatic hydroxyl groups is 1. The number of rotatable bonds is 7. The number of phenolic OH excluding ortho intramolecular Hbond substituents is 1. The van der Waals surface area contributed by atoms with Gasteiger partial charge >= 0.3 is 5.97 Å². The van der Waals surface area contributed by atoms with E-state index in [2.05, 4.69) is 0 Å². The molecule has 0 saturated carbocycles. The summed E-state index contributed by atoms with van der Waals surface area (Å²) < 4.78 is 10.5. The van der Waals surface area contributed by atoms with Crippen LogP contribution >= 0.6 is 0 Å². The summed E-state index contributed by atoms with van der Waals surface area (Å²) in [6.07, 6.45) is 0. The summed E-state index contributed by atoms with van der Waals surface area (Å²) in [5.41, 5.74) is 1.91. The second kappa shape index (κ2) is 10.8. The highest BCUT2D eigenvalue weighted by Gasteiger charge is 2.47. The number of aliphatic hydroxyl groups excluding tert-OH is 1. The highest BCUT2D eigenvalue weighted by atomic mass is 16.5. The summed E-state index contributed by atoms with van der Waals surface area (Å²) in [4.78, 5) is 40.5. The number of carbonyl (C=O) groups is 3. The quantitative estimate of drug-likeness (QED) is 0.189. The third-order valence-electron chi connectivity index (χ3n) is 6.39. The van der Waals surface area contributed by atoms with Crippen LogP contribution in [0.4, 0.5) is 5.69 Å². The smallest absolute Gasteiger partial charge is 0.338 e. The molecule has 0 radical (unpaired) electrons. The molecule has 0 aromatic heterocycles. The maximum atomic E-state index is 13.4. The van der Waals surface area contributed by atoms with Crippen molar-refractivity contribution in [3.63, 3.8) is 0 Å². The zero-order valence-electron chi connectivity index (χ0n) is 21.6. The Kier molecular flexibility index (Phi) is 7.52. The van der Waals surface area contributed by atoms with Crippen LogP contribution in [0.1, 0.15) is 59.8 Å². The Morgan fingerprint density at radius 2 is 1.74 bits per heavy atom. The van der Waals surface area contributed by atoms with Crippen molar-refractivity contribution in [1.29, 1.82) is 0 Å². The van der Waals surface area contributed by atoms with Gasteiger partial charge in [0.1, 0.15) is 17.3 Å². The lowest BCUT2D eigenvalue weighted by atomic mass is 9.93. The molecule has 1 amide bonds. The van der Waals surface area contributed by atoms with E-state index in [1.807, 2.05) is 13.8 Å². The second-order valence-electron chi connectivity index (χ2n) is 9.15. The van der Waals surface area contributed by atoms with Crippen LogP contribution in [-0.2, 0) is 14.3 Å². The monoisotopic (exact) mass is 515 g/mol. The molecule has 1 fully saturated rings. The number of anilines is 1. The molecule has 1 aliphatic rings. The van der Waals surface area contributed by atoms with Gasteiger partial charge in [-0.3, -0.25) is 14.5 Å². The molecule has 1 atom stereocenters. The van der Waals surface area contributed by atoms with E-state index in [0.717, 1.165) is 5.56 Å². The molecule has 8 heteroatoms. The van der Waals surface area contributed by atoms with Crippen molar-refractivity contribution < 1.29 is 34.1 Å². The van der Waals surface area contributed by atoms with Gasteiger partial charge in [-0.05, 0) is 72.5 Å². The van der Waals surface area contributed by atoms with E-state index in [1.54, 1.807) is 62.6 Å². The number of phenols is 1. The van der Waals surface area contributed by atoms with Crippen molar-refractivity contribution in [2.45, 2.75) is 32.7 Å². The number of hydrogen-bond acceptors (Lipinski definition) is 7. The number of esters is 1. The Morgan fingerprint density at radius 3 is 2.39 bits per heavy atom. The lowest BCUT2D eigenvalue weighted by Crippen LogP contribution is -2.29. The SMILES string of the molecule is CCOC(=O)c1cccc(N2C(=O)C(=O)/C(=C(\O)c3ccc(OC)c(C(C)C)c3)C2c2cccc(O)c2)c1. The molecule has 38 heavy (non-hydrogen) atoms. The van der Waals surface area contributed by atoms with E-state index in [9.17, 15) is 24.6 Å². The fourth-order valence-electron chi connectivity index (χ4n) is 4.59. The molecule has 4 rings (SSSR count). The second-order valence-corrected chi connectivity index (χ2v) is 9.15. The molecule has 1 aliphatic heterocycles. The van der Waals surface area contributed by atoms with Crippen molar-refractivity contribution >= 4 is 29.1 Å². The van der Waals surface area contributed by atoms with E-state index < -0.39 is 23.7 Å². The van der Waals surface area contributed by atoms with Gasteiger partial charge in [0.15, 0.2) is 0 Å². The Bertz CT molecular complexity index is 1440. The predicted molar refractivity (Wildman–Crippen MR) is 142 cm³/mol. The zero-order valence-corrected chi connectivity index (χ0v) is 21.6. The van der Waals surface area contributed by atoms with Gasteiger partial charge in [-0.25, -0.2) is 4.79 Å². The number of nitrogens with zero attached hydrogens (tertiary/aromatic N) is 1. The minimum atomic E-state index is -1.07. The first-order chi connectivity index (χ1) is 18.2. The van der Waals surface area contributed by atoms with Crippen molar-refractivity contribution in [3.05, 3.63) is 94.6 Å². The van der Waals surface area contributed by atoms with E-state index in [0.29, 0.717) is 16.9 Å². The number of ketones is 1. The maximum absolute atomic E-state index is 13.4. The van der Waals surface area contributed by atoms with Crippen LogP contribution < -0.4 is 9.64 Å². The number of aliphatic hydroxyl groups is 1. The minimum absolute atomic E-state index is 0.0626. The number of ether oxygens (including phenoxy) is 2. The molecule has 3 aromatic carbocycles. The van der Waals surface area contributed by atoms with Crippen LogP contribution in [0.5, 0.6) is 11.5 Å². The molecule has 196 valence electrons. The van der Waals surface area contributed by atoms with Crippen molar-refractivity contribution in [2.75, 3.05) is 18.6 Å². The van der Waals surface area contributed by atoms with Gasteiger partial charge in [-0.2, -0.15) is 0 Å². The Labute approximate surface area is 220 Å². The topological polar surface area (TPSA) is 113 Å². The maximum Gasteiger partial charge on any atom is 0.338 e. The van der Waals surface area contributed by atoms with Gasteiger partial charge in [-0.15, -0.1) is 0 Å². The molecule has 1 unspecified atom stereocenters. The van der Waals surface area contributed by atoms with Crippen molar-refractivity contribution in [2.24, 2.45) is 0 Å². The standard InChI is InChI=1S/C30H29NO7/c1-5-38-30(36)20-9-6-10-21(14-20)31-26(18-8-7-11-22(32)15-18)25(28(34)29(31)35)27(33)19-12-13-24(37-4)23(16-19)17(2)3/h6-17,26,32-33H,5H2,1-4H3/b27-25-. The van der Waals surface area contributed by atoms with Crippen LogP contribution in [0, 0.1) is 0 Å². The number of benzene rings is 3. The summed E-state index contributed by atoms with van der Waals surface area (Å²) in [6, 6.07) is 16.3. The fourth-order valence-corrected chi connectivity index (χ4v) is 4.59. The largest absolute Gasteiger partial charge is 0.508 e. The van der Waals surface area contributed by atoms with Gasteiger partial charge in [0.2, 0.25) is 0 Å². The molecule has 0 bridgehead atoms. The molecule has 0 aliphatic carbocycles. The van der Waals surface area contributed by atoms with E-state index in [-0.39, 0.29) is 40.9 Å². The van der Waals surface area contributed by atoms with Crippen molar-refractivity contribution in [1.82, 2.24) is 0 Å². The first kappa shape index (κ1) is 26.5. The molecular formula is C30H29NO7. The Morgan fingerprint density at radius 1 is 1.00 bits per heavy atom. The molecule has 2 N–H and O–H groups in total. The average molecular weight is 516 g/mol. The van der Waals surface area contributed by atoms with Crippen LogP contribution in [0.25, 0.3) is 5.76 Å². The minimum Gasteiger partial charge on any atom is -0.508 e. The third-order valence-corrected chi connectivity index (χ3v) is 6.39. The summed E-state index contributed by atoms with van der Waals surface area (Å²) >= 11 is 0. The number of hydrogen-bond donors (Lipinski definition) is 2. The summed E-state index contributed by atoms with van der Waals surface area (Å²) in [5.74, 6) is -2.06. The Hall–Kier alpha value is -4.59. The molecule has 1 heterocycles. The predicted octanol–water partition coefficient (Wildman–Crippen LogP) is 5.33. The van der Waals surface area contributed by atoms with Gasteiger partial charge in [0.05, 0.1) is 30.9 Å². The van der Waals surface area contributed by atoms with Gasteiger partial charge < -0.3 is 19.7 Å². The molecule has 0 spiro atoms. The summed E-state index contributed by atoms with van der Waals surface area (Å²) in [6.45, 7) is 5.82. The van der Waals surface area contributed by atoms with E-state index in [1.165, 1.54) is 23.1 Å². The molecule has 1 saturated heterocycles. The highest BCUT2D eigenvalue weighted by Crippen LogP contribution is 2.43. The Balaban J connectivity index is 1.93. The van der Waals surface area contributed by atoms with Gasteiger partial charge in [0.25, 0.3) is 11.7 Å². The zero-order chi connectivity index (χ0) is 27.6. The first-order valence-corrected chi connectivity index (χ1v) is 12.2. The van der Waals surface area contributed by atoms with Crippen LogP contribution in [0.3, 0.4) is 0 Å². The fraction of sp³-hybridized carbons (Fsp3) is 0.233. The number of carbonyl (C=O) groups excluding carboxylic acids is 3. The lowest BCUT2D eigenvalue weighted by molar-refractivity contribution is -0.132. The van der Waals surface area contributed by atoms with Gasteiger partial charge in [0, 0.05) is 11.3 Å². The normalized spacial score (nSPS) is 16.7. The number of amides is 1. The van der Waals surface area contributed by atoms with Crippen LogP contribution in [0.15, 0.2) is 72.3 Å². The molecule has 8 nitrogen and oxygen atoms in total. The van der Waals surface area contributed by atoms with Crippen LogP contribution in [-0.4, -0.2) is 41.6 Å². The third kappa shape index (κ3) is 4.85.